The average molecular weight is 403 g/mol. The fourth-order valence-corrected chi connectivity index (χ4v) is 3.74. The molecule has 0 spiro atoms. The van der Waals surface area contributed by atoms with Gasteiger partial charge in [0, 0.05) is 31.0 Å². The van der Waals surface area contributed by atoms with E-state index in [0.29, 0.717) is 11.5 Å². The Kier molecular flexibility index (Phi) is 4.35. The zero-order valence-electron chi connectivity index (χ0n) is 13.9. The molecule has 0 amide bonds. The number of hydrogen-bond donors (Lipinski definition) is 1. The summed E-state index contributed by atoms with van der Waals surface area (Å²) in [5.41, 5.74) is 2.41. The van der Waals surface area contributed by atoms with Crippen LogP contribution < -0.4 is 9.64 Å². The lowest BCUT2D eigenvalue weighted by Crippen LogP contribution is -2.19. The number of halogens is 1. The third-order valence-electron chi connectivity index (χ3n) is 4.57. The van der Waals surface area contributed by atoms with Gasteiger partial charge in [0.25, 0.3) is 0 Å². The molecule has 1 N–H and O–H groups in total. The van der Waals surface area contributed by atoms with Crippen LogP contribution >= 0.6 is 15.9 Å². The molecular weight excluding hydrogens is 384 g/mol. The van der Waals surface area contributed by atoms with E-state index in [1.165, 1.54) is 12.8 Å². The predicted octanol–water partition coefficient (Wildman–Crippen LogP) is 3.26. The van der Waals surface area contributed by atoms with E-state index < -0.39 is 0 Å². The Morgan fingerprint density at radius 1 is 1.24 bits per heavy atom. The van der Waals surface area contributed by atoms with Crippen molar-refractivity contribution in [2.45, 2.75) is 19.4 Å². The lowest BCUT2D eigenvalue weighted by atomic mass is 10.1. The summed E-state index contributed by atoms with van der Waals surface area (Å²) >= 11 is 3.50. The van der Waals surface area contributed by atoms with E-state index in [2.05, 4.69) is 25.8 Å². The monoisotopic (exact) mass is 402 g/mol. The fourth-order valence-electron chi connectivity index (χ4n) is 3.24. The highest BCUT2D eigenvalue weighted by molar-refractivity contribution is 9.10. The van der Waals surface area contributed by atoms with Gasteiger partial charge in [0.05, 0.1) is 23.9 Å². The summed E-state index contributed by atoms with van der Waals surface area (Å²) in [6.45, 7) is 2.02. The Balaban J connectivity index is 1.78. The highest BCUT2D eigenvalue weighted by atomic mass is 79.9. The molecule has 1 aliphatic rings. The lowest BCUT2D eigenvalue weighted by Gasteiger charge is -2.15. The zero-order valence-corrected chi connectivity index (χ0v) is 15.5. The van der Waals surface area contributed by atoms with Crippen molar-refractivity contribution in [2.24, 2.45) is 0 Å². The Morgan fingerprint density at radius 3 is 2.76 bits per heavy atom. The second kappa shape index (κ2) is 6.65. The van der Waals surface area contributed by atoms with Crippen molar-refractivity contribution in [1.29, 1.82) is 0 Å². The smallest absolute Gasteiger partial charge is 0.236 e. The van der Waals surface area contributed by atoms with Gasteiger partial charge in [-0.2, -0.15) is 4.98 Å². The van der Waals surface area contributed by atoms with Crippen LogP contribution in [-0.4, -0.2) is 39.7 Å². The van der Waals surface area contributed by atoms with Crippen molar-refractivity contribution < 1.29 is 9.84 Å². The number of ether oxygens (including phenoxy) is 1. The van der Waals surface area contributed by atoms with Crippen molar-refractivity contribution in [2.75, 3.05) is 25.1 Å². The van der Waals surface area contributed by atoms with Crippen LogP contribution in [-0.2, 0) is 6.61 Å². The van der Waals surface area contributed by atoms with Gasteiger partial charge in [0.1, 0.15) is 11.6 Å². The number of hydrogen-bond acceptors (Lipinski definition) is 5. The van der Waals surface area contributed by atoms with Crippen LogP contribution in [0.2, 0.25) is 0 Å². The SMILES string of the molecule is COc1cc(CO)c(-c2cn3ccc(N4CCCC4)nc3n2)cc1Br. The van der Waals surface area contributed by atoms with Crippen molar-refractivity contribution >= 4 is 27.5 Å². The van der Waals surface area contributed by atoms with Gasteiger partial charge in [-0.25, -0.2) is 4.98 Å². The summed E-state index contributed by atoms with van der Waals surface area (Å²) in [4.78, 5) is 11.7. The number of rotatable bonds is 4. The molecule has 1 aliphatic heterocycles. The summed E-state index contributed by atoms with van der Waals surface area (Å²) in [7, 11) is 1.61. The number of imidazole rings is 1. The Morgan fingerprint density at radius 2 is 2.04 bits per heavy atom. The number of anilines is 1. The molecule has 7 heteroatoms. The van der Waals surface area contributed by atoms with Gasteiger partial charge >= 0.3 is 0 Å². The number of aromatic nitrogens is 3. The van der Waals surface area contributed by atoms with Gasteiger partial charge in [-0.3, -0.25) is 4.40 Å². The zero-order chi connectivity index (χ0) is 17.4. The Hall–Kier alpha value is -2.12. The second-order valence-corrected chi connectivity index (χ2v) is 6.97. The summed E-state index contributed by atoms with van der Waals surface area (Å²) in [6, 6.07) is 5.78. The molecule has 0 aliphatic carbocycles. The molecule has 4 rings (SSSR count). The largest absolute Gasteiger partial charge is 0.496 e. The van der Waals surface area contributed by atoms with E-state index >= 15 is 0 Å². The van der Waals surface area contributed by atoms with Gasteiger partial charge in [-0.1, -0.05) is 0 Å². The Bertz CT molecular complexity index is 919. The van der Waals surface area contributed by atoms with Gasteiger partial charge < -0.3 is 14.7 Å². The quantitative estimate of drug-likeness (QED) is 0.725. The highest BCUT2D eigenvalue weighted by Crippen LogP contribution is 2.34. The van der Waals surface area contributed by atoms with Crippen LogP contribution in [0.15, 0.2) is 35.1 Å². The summed E-state index contributed by atoms with van der Waals surface area (Å²) < 4.78 is 8.04. The molecule has 2 aromatic heterocycles. The van der Waals surface area contributed by atoms with Crippen LogP contribution in [0.3, 0.4) is 0 Å². The Labute approximate surface area is 154 Å². The van der Waals surface area contributed by atoms with E-state index in [4.69, 9.17) is 9.72 Å². The molecule has 130 valence electrons. The normalized spacial score (nSPS) is 14.4. The minimum Gasteiger partial charge on any atom is -0.496 e. The van der Waals surface area contributed by atoms with E-state index in [9.17, 15) is 5.11 Å². The van der Waals surface area contributed by atoms with Crippen LogP contribution in [0.4, 0.5) is 5.82 Å². The second-order valence-electron chi connectivity index (χ2n) is 6.12. The molecule has 0 radical (unpaired) electrons. The minimum absolute atomic E-state index is 0.0840. The maximum atomic E-state index is 9.73. The fraction of sp³-hybridized carbons (Fsp3) is 0.333. The van der Waals surface area contributed by atoms with Gasteiger partial charge in [-0.05, 0) is 52.5 Å². The molecule has 1 aromatic carbocycles. The number of fused-ring (bicyclic) bond motifs is 1. The van der Waals surface area contributed by atoms with Crippen LogP contribution in [0.25, 0.3) is 17.0 Å². The average Bonchev–Trinajstić information content (AvgIpc) is 3.30. The molecule has 1 fully saturated rings. The molecule has 25 heavy (non-hydrogen) atoms. The third kappa shape index (κ3) is 2.98. The lowest BCUT2D eigenvalue weighted by molar-refractivity contribution is 0.281. The standard InChI is InChI=1S/C18H19BrN4O2/c1-25-16-8-12(11-24)13(9-14(16)19)15-10-23-7-4-17(21-18(23)20-15)22-5-2-3-6-22/h4,7-10,24H,2-3,5-6,11H2,1H3. The maximum Gasteiger partial charge on any atom is 0.236 e. The van der Waals surface area contributed by atoms with Gasteiger partial charge in [-0.15, -0.1) is 0 Å². The van der Waals surface area contributed by atoms with Gasteiger partial charge in [0.15, 0.2) is 0 Å². The molecule has 3 aromatic rings. The van der Waals surface area contributed by atoms with Crippen molar-refractivity contribution in [3.05, 3.63) is 40.6 Å². The van der Waals surface area contributed by atoms with Crippen LogP contribution in [0, 0.1) is 0 Å². The maximum absolute atomic E-state index is 9.73. The molecule has 3 heterocycles. The first-order valence-electron chi connectivity index (χ1n) is 8.28. The van der Waals surface area contributed by atoms with Crippen LogP contribution in [0.5, 0.6) is 5.75 Å². The van der Waals surface area contributed by atoms with E-state index in [1.54, 1.807) is 7.11 Å². The molecule has 0 saturated carbocycles. The number of benzene rings is 1. The number of methoxy groups -OCH3 is 1. The summed E-state index contributed by atoms with van der Waals surface area (Å²) in [5.74, 6) is 2.32. The van der Waals surface area contributed by atoms with E-state index in [-0.39, 0.29) is 6.61 Å². The van der Waals surface area contributed by atoms with E-state index in [0.717, 1.165) is 40.2 Å². The minimum atomic E-state index is -0.0840. The molecule has 6 nitrogen and oxygen atoms in total. The van der Waals surface area contributed by atoms with Crippen molar-refractivity contribution in [1.82, 2.24) is 14.4 Å². The number of nitrogens with zero attached hydrogens (tertiary/aromatic N) is 4. The van der Waals surface area contributed by atoms with E-state index in [1.807, 2.05) is 35.0 Å². The third-order valence-corrected chi connectivity index (χ3v) is 5.19. The predicted molar refractivity (Wildman–Crippen MR) is 100 cm³/mol. The first-order valence-corrected chi connectivity index (χ1v) is 9.07. The highest BCUT2D eigenvalue weighted by Gasteiger charge is 2.16. The topological polar surface area (TPSA) is 62.9 Å². The summed E-state index contributed by atoms with van der Waals surface area (Å²) in [5, 5.41) is 9.73. The number of aliphatic hydroxyl groups is 1. The molecule has 1 saturated heterocycles. The molecule has 0 bridgehead atoms. The van der Waals surface area contributed by atoms with Crippen molar-refractivity contribution in [3.63, 3.8) is 0 Å². The molecule has 0 unspecified atom stereocenters. The summed E-state index contributed by atoms with van der Waals surface area (Å²) in [6.07, 6.45) is 6.35. The first kappa shape index (κ1) is 16.4. The number of aliphatic hydroxyl groups excluding tert-OH is 1. The first-order chi connectivity index (χ1) is 12.2. The van der Waals surface area contributed by atoms with Crippen molar-refractivity contribution in [3.8, 4) is 17.0 Å². The van der Waals surface area contributed by atoms with Gasteiger partial charge in [0.2, 0.25) is 5.78 Å². The molecular formula is C18H19BrN4O2. The molecule has 0 atom stereocenters. The van der Waals surface area contributed by atoms with Crippen LogP contribution in [0.1, 0.15) is 18.4 Å².